The third kappa shape index (κ3) is 3.33. The van der Waals surface area contributed by atoms with Gasteiger partial charge < -0.3 is 11.1 Å². The molecule has 0 aliphatic carbocycles. The van der Waals surface area contributed by atoms with Gasteiger partial charge in [-0.05, 0) is 47.1 Å². The minimum atomic E-state index is -0.602. The van der Waals surface area contributed by atoms with Gasteiger partial charge in [0, 0.05) is 21.3 Å². The third-order valence-corrected chi connectivity index (χ3v) is 3.82. The van der Waals surface area contributed by atoms with Crippen LogP contribution in [0.5, 0.6) is 0 Å². The van der Waals surface area contributed by atoms with E-state index in [1.165, 1.54) is 13.0 Å². The van der Waals surface area contributed by atoms with Crippen LogP contribution in [-0.2, 0) is 0 Å². The van der Waals surface area contributed by atoms with Gasteiger partial charge in [0.1, 0.15) is 11.6 Å². The maximum Gasteiger partial charge on any atom is 0.255 e. The molecule has 0 saturated heterocycles. The van der Waals surface area contributed by atoms with Crippen LogP contribution in [-0.4, -0.2) is 5.91 Å². The Balaban J connectivity index is 2.35. The Hall–Kier alpha value is -1.66. The Labute approximate surface area is 133 Å². The summed E-state index contributed by atoms with van der Waals surface area (Å²) in [6.45, 7) is 1.51. The van der Waals surface area contributed by atoms with Gasteiger partial charge in [-0.1, -0.05) is 11.6 Å². The van der Waals surface area contributed by atoms with Crippen molar-refractivity contribution in [1.29, 1.82) is 0 Å². The van der Waals surface area contributed by atoms with Crippen molar-refractivity contribution in [1.82, 2.24) is 0 Å². The maximum atomic E-state index is 13.6. The monoisotopic (exact) mass is 374 g/mol. The number of anilines is 2. The summed E-state index contributed by atoms with van der Waals surface area (Å²) in [5.41, 5.74) is 6.31. The first-order valence-corrected chi connectivity index (χ1v) is 6.98. The number of hydrogen-bond donors (Lipinski definition) is 2. The van der Waals surface area contributed by atoms with E-state index in [4.69, 9.17) is 17.3 Å². The Morgan fingerprint density at radius 2 is 1.95 bits per heavy atom. The molecule has 2 aromatic rings. The molecule has 21 heavy (non-hydrogen) atoms. The van der Waals surface area contributed by atoms with Crippen LogP contribution in [0.4, 0.5) is 20.2 Å². The van der Waals surface area contributed by atoms with Crippen LogP contribution in [0.3, 0.4) is 0 Å². The summed E-state index contributed by atoms with van der Waals surface area (Å²) in [7, 11) is 0. The van der Waals surface area contributed by atoms with Crippen LogP contribution < -0.4 is 11.1 Å². The Morgan fingerprint density at radius 1 is 1.29 bits per heavy atom. The van der Waals surface area contributed by atoms with Gasteiger partial charge in [0.2, 0.25) is 0 Å². The Kier molecular flexibility index (Phi) is 4.49. The molecule has 0 heterocycles. The smallest absolute Gasteiger partial charge is 0.255 e. The van der Waals surface area contributed by atoms with Gasteiger partial charge in [0.15, 0.2) is 0 Å². The standard InChI is InChI=1S/C14H10BrClF2N2O/c1-6-11(18)2-7(3-12(6)19)14(21)20-13-9(15)4-8(17)5-10(13)16/h2-5H,19H2,1H3,(H,20,21). The lowest BCUT2D eigenvalue weighted by Gasteiger charge is -2.11. The van der Waals surface area contributed by atoms with Gasteiger partial charge in [0.05, 0.1) is 10.7 Å². The molecule has 1 amide bonds. The number of nitrogens with one attached hydrogen (secondary N) is 1. The molecule has 0 radical (unpaired) electrons. The molecule has 3 nitrogen and oxygen atoms in total. The molecule has 0 fully saturated rings. The molecule has 0 unspecified atom stereocenters. The minimum absolute atomic E-state index is 0.0239. The van der Waals surface area contributed by atoms with Crippen molar-refractivity contribution in [3.8, 4) is 0 Å². The summed E-state index contributed by atoms with van der Waals surface area (Å²) in [4.78, 5) is 12.1. The molecule has 2 rings (SSSR count). The van der Waals surface area contributed by atoms with Crippen molar-refractivity contribution in [2.24, 2.45) is 0 Å². The molecule has 0 aliphatic heterocycles. The summed E-state index contributed by atoms with van der Waals surface area (Å²) >= 11 is 8.97. The number of rotatable bonds is 2. The van der Waals surface area contributed by atoms with Crippen molar-refractivity contribution in [2.75, 3.05) is 11.1 Å². The lowest BCUT2D eigenvalue weighted by atomic mass is 10.1. The van der Waals surface area contributed by atoms with Gasteiger partial charge in [-0.3, -0.25) is 4.79 Å². The molecule has 0 aromatic heterocycles. The highest BCUT2D eigenvalue weighted by Crippen LogP contribution is 2.32. The van der Waals surface area contributed by atoms with E-state index in [9.17, 15) is 13.6 Å². The molecule has 0 bridgehead atoms. The summed E-state index contributed by atoms with van der Waals surface area (Å²) in [5, 5.41) is 2.51. The van der Waals surface area contributed by atoms with Crippen LogP contribution in [0.15, 0.2) is 28.7 Å². The molecular formula is C14H10BrClF2N2O. The zero-order valence-electron chi connectivity index (χ0n) is 10.8. The molecule has 0 atom stereocenters. The first kappa shape index (κ1) is 15.7. The Morgan fingerprint density at radius 3 is 2.52 bits per heavy atom. The molecular weight excluding hydrogens is 366 g/mol. The summed E-state index contributed by atoms with van der Waals surface area (Å²) in [6.07, 6.45) is 0. The molecule has 2 aromatic carbocycles. The fourth-order valence-electron chi connectivity index (χ4n) is 1.68. The number of amides is 1. The summed E-state index contributed by atoms with van der Waals surface area (Å²) < 4.78 is 27.0. The molecule has 0 saturated carbocycles. The van der Waals surface area contributed by atoms with E-state index in [2.05, 4.69) is 21.2 Å². The second-order valence-corrected chi connectivity index (χ2v) is 5.63. The predicted octanol–water partition coefficient (Wildman–Crippen LogP) is 4.52. The van der Waals surface area contributed by atoms with E-state index < -0.39 is 17.5 Å². The van der Waals surface area contributed by atoms with Crippen molar-refractivity contribution < 1.29 is 13.6 Å². The van der Waals surface area contributed by atoms with Crippen LogP contribution in [0.25, 0.3) is 0 Å². The lowest BCUT2D eigenvalue weighted by Crippen LogP contribution is -2.14. The van der Waals surface area contributed by atoms with E-state index in [-0.39, 0.29) is 32.0 Å². The van der Waals surface area contributed by atoms with E-state index >= 15 is 0 Å². The minimum Gasteiger partial charge on any atom is -0.398 e. The fraction of sp³-hybridized carbons (Fsp3) is 0.0714. The van der Waals surface area contributed by atoms with Crippen molar-refractivity contribution >= 4 is 44.8 Å². The van der Waals surface area contributed by atoms with Crippen LogP contribution >= 0.6 is 27.5 Å². The maximum absolute atomic E-state index is 13.6. The second-order valence-electron chi connectivity index (χ2n) is 4.37. The fourth-order valence-corrected chi connectivity index (χ4v) is 2.58. The molecule has 3 N–H and O–H groups in total. The number of nitrogens with two attached hydrogens (primary N) is 1. The highest BCUT2D eigenvalue weighted by molar-refractivity contribution is 9.10. The quantitative estimate of drug-likeness (QED) is 0.758. The van der Waals surface area contributed by atoms with Crippen LogP contribution in [0.2, 0.25) is 5.02 Å². The first-order chi connectivity index (χ1) is 9.79. The van der Waals surface area contributed by atoms with Crippen molar-refractivity contribution in [3.05, 3.63) is 56.5 Å². The Bertz CT molecular complexity index is 691. The van der Waals surface area contributed by atoms with Gasteiger partial charge in [-0.2, -0.15) is 0 Å². The van der Waals surface area contributed by atoms with Gasteiger partial charge in [0.25, 0.3) is 5.91 Å². The lowest BCUT2D eigenvalue weighted by molar-refractivity contribution is 0.102. The molecule has 0 spiro atoms. The van der Waals surface area contributed by atoms with E-state index in [1.54, 1.807) is 0 Å². The van der Waals surface area contributed by atoms with E-state index in [1.807, 2.05) is 0 Å². The highest BCUT2D eigenvalue weighted by Gasteiger charge is 2.15. The topological polar surface area (TPSA) is 55.1 Å². The number of carbonyl (C=O) groups excluding carboxylic acids is 1. The highest BCUT2D eigenvalue weighted by atomic mass is 79.9. The van der Waals surface area contributed by atoms with Gasteiger partial charge in [-0.25, -0.2) is 8.78 Å². The second kappa shape index (κ2) is 5.99. The number of nitrogen functional groups attached to an aromatic ring is 1. The first-order valence-electron chi connectivity index (χ1n) is 5.81. The number of hydrogen-bond acceptors (Lipinski definition) is 2. The average Bonchev–Trinajstić information content (AvgIpc) is 2.39. The van der Waals surface area contributed by atoms with E-state index in [0.29, 0.717) is 0 Å². The van der Waals surface area contributed by atoms with Crippen LogP contribution in [0.1, 0.15) is 15.9 Å². The van der Waals surface area contributed by atoms with Gasteiger partial charge in [-0.15, -0.1) is 0 Å². The summed E-state index contributed by atoms with van der Waals surface area (Å²) in [6, 6.07) is 4.66. The normalized spacial score (nSPS) is 10.5. The number of halogens is 4. The molecule has 7 heteroatoms. The van der Waals surface area contributed by atoms with E-state index in [0.717, 1.165) is 18.2 Å². The molecule has 0 aliphatic rings. The summed E-state index contributed by atoms with van der Waals surface area (Å²) in [5.74, 6) is -1.73. The molecule has 110 valence electrons. The largest absolute Gasteiger partial charge is 0.398 e. The SMILES string of the molecule is Cc1c(N)cc(C(=O)Nc2c(Cl)cc(F)cc2Br)cc1F. The third-order valence-electron chi connectivity index (χ3n) is 2.89. The van der Waals surface area contributed by atoms with Gasteiger partial charge >= 0.3 is 0 Å². The zero-order chi connectivity index (χ0) is 15.7. The number of benzene rings is 2. The zero-order valence-corrected chi connectivity index (χ0v) is 13.1. The average molecular weight is 376 g/mol. The number of carbonyl (C=O) groups is 1. The predicted molar refractivity (Wildman–Crippen MR) is 82.6 cm³/mol. The van der Waals surface area contributed by atoms with Crippen molar-refractivity contribution in [2.45, 2.75) is 6.92 Å². The van der Waals surface area contributed by atoms with Crippen LogP contribution in [0, 0.1) is 18.6 Å². The van der Waals surface area contributed by atoms with Crippen molar-refractivity contribution in [3.63, 3.8) is 0 Å².